The third-order valence-corrected chi connectivity index (χ3v) is 2.50. The lowest BCUT2D eigenvalue weighted by Crippen LogP contribution is -2.30. The number of hydrogen-bond donors (Lipinski definition) is 3. The van der Waals surface area contributed by atoms with Gasteiger partial charge in [-0.25, -0.2) is 4.79 Å². The summed E-state index contributed by atoms with van der Waals surface area (Å²) in [5.74, 6) is -1.04. The molecule has 1 aromatic rings. The van der Waals surface area contributed by atoms with Crippen LogP contribution in [-0.2, 0) is 9.53 Å². The number of amides is 1. The number of benzene rings is 1. The minimum absolute atomic E-state index is 0.0189. The van der Waals surface area contributed by atoms with E-state index in [1.807, 2.05) is 0 Å². The lowest BCUT2D eigenvalue weighted by atomic mass is 10.1. The van der Waals surface area contributed by atoms with E-state index in [4.69, 9.17) is 14.6 Å². The topological polar surface area (TPSA) is 96.9 Å². The average molecular weight is 282 g/mol. The van der Waals surface area contributed by atoms with Gasteiger partial charge in [0.15, 0.2) is 0 Å². The monoisotopic (exact) mass is 282 g/mol. The summed E-state index contributed by atoms with van der Waals surface area (Å²) in [7, 11) is 3.01. The van der Waals surface area contributed by atoms with Crippen molar-refractivity contribution in [1.29, 1.82) is 0 Å². The van der Waals surface area contributed by atoms with E-state index in [9.17, 15) is 9.59 Å². The Morgan fingerprint density at radius 3 is 2.65 bits per heavy atom. The molecule has 110 valence electrons. The van der Waals surface area contributed by atoms with Gasteiger partial charge in [-0.3, -0.25) is 4.79 Å². The standard InChI is InChI=1S/C13H18N2O5/c1-19-6-5-14-8-12(16)15-11-4-3-9(20-2)7-10(11)13(17)18/h3-4,7,14H,5-6,8H2,1-2H3,(H,15,16)(H,17,18). The minimum Gasteiger partial charge on any atom is -0.497 e. The molecule has 1 amide bonds. The summed E-state index contributed by atoms with van der Waals surface area (Å²) in [5.41, 5.74) is 0.214. The maximum absolute atomic E-state index is 11.7. The zero-order valence-corrected chi connectivity index (χ0v) is 11.4. The van der Waals surface area contributed by atoms with Crippen LogP contribution in [0.1, 0.15) is 10.4 Å². The van der Waals surface area contributed by atoms with Gasteiger partial charge in [0.1, 0.15) is 5.75 Å². The maximum Gasteiger partial charge on any atom is 0.337 e. The fraction of sp³-hybridized carbons (Fsp3) is 0.385. The van der Waals surface area contributed by atoms with Gasteiger partial charge >= 0.3 is 5.97 Å². The molecule has 0 saturated carbocycles. The van der Waals surface area contributed by atoms with Crippen molar-refractivity contribution in [3.05, 3.63) is 23.8 Å². The van der Waals surface area contributed by atoms with E-state index >= 15 is 0 Å². The van der Waals surface area contributed by atoms with Crippen LogP contribution < -0.4 is 15.4 Å². The van der Waals surface area contributed by atoms with Crippen LogP contribution >= 0.6 is 0 Å². The van der Waals surface area contributed by atoms with Gasteiger partial charge in [0.2, 0.25) is 5.91 Å². The van der Waals surface area contributed by atoms with E-state index in [1.54, 1.807) is 13.2 Å². The Balaban J connectivity index is 2.66. The van der Waals surface area contributed by atoms with E-state index < -0.39 is 5.97 Å². The molecule has 1 aromatic carbocycles. The smallest absolute Gasteiger partial charge is 0.337 e. The molecule has 0 unspecified atom stereocenters. The average Bonchev–Trinajstić information content (AvgIpc) is 2.43. The summed E-state index contributed by atoms with van der Waals surface area (Å²) in [5, 5.41) is 14.5. The van der Waals surface area contributed by atoms with Crippen molar-refractivity contribution in [3.63, 3.8) is 0 Å². The molecule has 20 heavy (non-hydrogen) atoms. The van der Waals surface area contributed by atoms with Crippen LogP contribution in [-0.4, -0.2) is 50.9 Å². The third kappa shape index (κ3) is 4.87. The first-order valence-corrected chi connectivity index (χ1v) is 5.99. The molecule has 0 saturated heterocycles. The van der Waals surface area contributed by atoms with E-state index in [-0.39, 0.29) is 23.7 Å². The highest BCUT2D eigenvalue weighted by Gasteiger charge is 2.13. The summed E-state index contributed by atoms with van der Waals surface area (Å²) in [6.45, 7) is 1.11. The molecule has 0 bridgehead atoms. The zero-order valence-electron chi connectivity index (χ0n) is 11.4. The van der Waals surface area contributed by atoms with Gasteiger partial charge in [-0.2, -0.15) is 0 Å². The second-order valence-corrected chi connectivity index (χ2v) is 3.93. The van der Waals surface area contributed by atoms with Crippen molar-refractivity contribution in [3.8, 4) is 5.75 Å². The van der Waals surface area contributed by atoms with E-state index in [2.05, 4.69) is 10.6 Å². The van der Waals surface area contributed by atoms with Crippen LogP contribution in [0, 0.1) is 0 Å². The second kappa shape index (κ2) is 8.13. The molecule has 0 heterocycles. The van der Waals surface area contributed by atoms with Crippen molar-refractivity contribution < 1.29 is 24.2 Å². The van der Waals surface area contributed by atoms with E-state index in [1.165, 1.54) is 19.2 Å². The van der Waals surface area contributed by atoms with Crippen molar-refractivity contribution >= 4 is 17.6 Å². The van der Waals surface area contributed by atoms with Crippen LogP contribution in [0.4, 0.5) is 5.69 Å². The summed E-state index contributed by atoms with van der Waals surface area (Å²) < 4.78 is 9.79. The Morgan fingerprint density at radius 1 is 1.30 bits per heavy atom. The second-order valence-electron chi connectivity index (χ2n) is 3.93. The SMILES string of the molecule is COCCNCC(=O)Nc1ccc(OC)cc1C(=O)O. The number of aromatic carboxylic acids is 1. The lowest BCUT2D eigenvalue weighted by molar-refractivity contribution is -0.115. The Kier molecular flexibility index (Phi) is 6.48. The Labute approximate surface area is 116 Å². The third-order valence-electron chi connectivity index (χ3n) is 2.50. The number of nitrogens with one attached hydrogen (secondary N) is 2. The predicted molar refractivity (Wildman–Crippen MR) is 73.3 cm³/mol. The van der Waals surface area contributed by atoms with E-state index in [0.29, 0.717) is 18.9 Å². The molecule has 0 fully saturated rings. The Hall–Kier alpha value is -2.12. The fourth-order valence-electron chi connectivity index (χ4n) is 1.51. The summed E-state index contributed by atoms with van der Waals surface area (Å²) in [6, 6.07) is 4.44. The molecule has 0 aliphatic heterocycles. The summed E-state index contributed by atoms with van der Waals surface area (Å²) >= 11 is 0. The van der Waals surface area contributed by atoms with E-state index in [0.717, 1.165) is 0 Å². The molecule has 0 atom stereocenters. The summed E-state index contributed by atoms with van der Waals surface area (Å²) in [4.78, 5) is 22.8. The molecular weight excluding hydrogens is 264 g/mol. The number of ether oxygens (including phenoxy) is 2. The van der Waals surface area contributed by atoms with Gasteiger partial charge in [-0.05, 0) is 18.2 Å². The quantitative estimate of drug-likeness (QED) is 0.603. The van der Waals surface area contributed by atoms with Gasteiger partial charge in [-0.1, -0.05) is 0 Å². The normalized spacial score (nSPS) is 10.1. The van der Waals surface area contributed by atoms with Crippen molar-refractivity contribution in [2.45, 2.75) is 0 Å². The number of rotatable bonds is 8. The Bertz CT molecular complexity index is 476. The molecular formula is C13H18N2O5. The first-order valence-electron chi connectivity index (χ1n) is 5.99. The van der Waals surface area contributed by atoms with Crippen LogP contribution in [0.25, 0.3) is 0 Å². The van der Waals surface area contributed by atoms with Crippen LogP contribution in [0.5, 0.6) is 5.75 Å². The largest absolute Gasteiger partial charge is 0.497 e. The molecule has 0 aliphatic carbocycles. The first kappa shape index (κ1) is 15.9. The van der Waals surface area contributed by atoms with Crippen molar-refractivity contribution in [1.82, 2.24) is 5.32 Å². The number of carboxylic acids is 1. The molecule has 3 N–H and O–H groups in total. The zero-order chi connectivity index (χ0) is 15.0. The molecule has 7 nitrogen and oxygen atoms in total. The van der Waals surface area contributed by atoms with Crippen molar-refractivity contribution in [2.75, 3.05) is 39.2 Å². The van der Waals surface area contributed by atoms with Crippen LogP contribution in [0.2, 0.25) is 0 Å². The van der Waals surface area contributed by atoms with Crippen molar-refractivity contribution in [2.24, 2.45) is 0 Å². The molecule has 7 heteroatoms. The molecule has 0 aromatic heterocycles. The number of carboxylic acid groups (broad SMARTS) is 1. The highest BCUT2D eigenvalue weighted by molar-refractivity contribution is 6.01. The first-order chi connectivity index (χ1) is 9.58. The molecule has 0 spiro atoms. The van der Waals surface area contributed by atoms with Crippen LogP contribution in [0.15, 0.2) is 18.2 Å². The predicted octanol–water partition coefficient (Wildman–Crippen LogP) is 0.568. The Morgan fingerprint density at radius 2 is 2.05 bits per heavy atom. The number of anilines is 1. The molecule has 0 radical (unpaired) electrons. The van der Waals surface area contributed by atoms with Crippen LogP contribution in [0.3, 0.4) is 0 Å². The number of hydrogen-bond acceptors (Lipinski definition) is 5. The fourth-order valence-corrected chi connectivity index (χ4v) is 1.51. The number of carbonyl (C=O) groups excluding carboxylic acids is 1. The highest BCUT2D eigenvalue weighted by Crippen LogP contribution is 2.21. The summed E-state index contributed by atoms with van der Waals surface area (Å²) in [6.07, 6.45) is 0. The van der Waals surface area contributed by atoms with Gasteiger partial charge in [-0.15, -0.1) is 0 Å². The minimum atomic E-state index is -1.13. The molecule has 1 rings (SSSR count). The molecule has 0 aliphatic rings. The number of methoxy groups -OCH3 is 2. The van der Waals surface area contributed by atoms with Gasteiger partial charge in [0.05, 0.1) is 31.5 Å². The maximum atomic E-state index is 11.7. The lowest BCUT2D eigenvalue weighted by Gasteiger charge is -2.10. The number of carbonyl (C=O) groups is 2. The van der Waals surface area contributed by atoms with Gasteiger partial charge < -0.3 is 25.2 Å². The van der Waals surface area contributed by atoms with Gasteiger partial charge in [0, 0.05) is 13.7 Å². The van der Waals surface area contributed by atoms with Gasteiger partial charge in [0.25, 0.3) is 0 Å². The highest BCUT2D eigenvalue weighted by atomic mass is 16.5.